The minimum absolute atomic E-state index is 0.0723. The van der Waals surface area contributed by atoms with E-state index in [-0.39, 0.29) is 5.91 Å². The van der Waals surface area contributed by atoms with Gasteiger partial charge in [-0.1, -0.05) is 24.3 Å². The van der Waals surface area contributed by atoms with Gasteiger partial charge in [-0.25, -0.2) is 0 Å². The van der Waals surface area contributed by atoms with Gasteiger partial charge >= 0.3 is 0 Å². The molecule has 0 fully saturated rings. The minimum Gasteiger partial charge on any atom is -0.339 e. The van der Waals surface area contributed by atoms with Crippen LogP contribution in [0.3, 0.4) is 0 Å². The van der Waals surface area contributed by atoms with Crippen LogP contribution in [0.5, 0.6) is 0 Å². The number of amides is 1. The first-order valence-corrected chi connectivity index (χ1v) is 6.80. The van der Waals surface area contributed by atoms with E-state index >= 15 is 0 Å². The second-order valence-electron chi connectivity index (χ2n) is 4.98. The average molecular weight is 267 g/mol. The summed E-state index contributed by atoms with van der Waals surface area (Å²) in [6.45, 7) is 2.44. The zero-order valence-corrected chi connectivity index (χ0v) is 11.2. The van der Waals surface area contributed by atoms with E-state index in [0.717, 1.165) is 19.5 Å². The number of aromatic nitrogens is 1. The molecule has 4 heteroatoms. The highest BCUT2D eigenvalue weighted by atomic mass is 16.1. The van der Waals surface area contributed by atoms with Gasteiger partial charge in [0.15, 0.2) is 0 Å². The third kappa shape index (κ3) is 2.86. The lowest BCUT2D eigenvalue weighted by atomic mass is 10.0. The van der Waals surface area contributed by atoms with Gasteiger partial charge in [0.1, 0.15) is 0 Å². The second-order valence-corrected chi connectivity index (χ2v) is 4.98. The Kier molecular flexibility index (Phi) is 3.74. The van der Waals surface area contributed by atoms with E-state index in [9.17, 15) is 4.79 Å². The van der Waals surface area contributed by atoms with Gasteiger partial charge in [0, 0.05) is 25.5 Å². The highest BCUT2D eigenvalue weighted by Gasteiger charge is 2.16. The first kappa shape index (κ1) is 12.8. The first-order valence-electron chi connectivity index (χ1n) is 6.80. The van der Waals surface area contributed by atoms with E-state index < -0.39 is 0 Å². The van der Waals surface area contributed by atoms with Crippen LogP contribution in [0.15, 0.2) is 48.8 Å². The summed E-state index contributed by atoms with van der Waals surface area (Å²) < 4.78 is 0. The van der Waals surface area contributed by atoms with Crippen LogP contribution >= 0.6 is 0 Å². The normalized spacial score (nSPS) is 14.6. The number of nitrogens with zero attached hydrogens (tertiary/aromatic N) is 2. The molecule has 1 aromatic heterocycles. The number of carbonyl (C=O) groups excluding carboxylic acids is 1. The fourth-order valence-electron chi connectivity index (χ4n) is 2.47. The molecule has 0 unspecified atom stereocenters. The smallest absolute Gasteiger partial charge is 0.253 e. The number of carbonyl (C=O) groups is 1. The molecule has 1 aliphatic rings. The molecule has 0 spiro atoms. The molecule has 0 aliphatic carbocycles. The Labute approximate surface area is 118 Å². The molecular formula is C16H17N3O. The maximum Gasteiger partial charge on any atom is 0.253 e. The van der Waals surface area contributed by atoms with Crippen LogP contribution in [-0.2, 0) is 13.0 Å². The molecule has 1 N–H and O–H groups in total. The summed E-state index contributed by atoms with van der Waals surface area (Å²) in [6, 6.07) is 12.0. The summed E-state index contributed by atoms with van der Waals surface area (Å²) in [7, 11) is 0. The molecule has 0 radical (unpaired) electrons. The summed E-state index contributed by atoms with van der Waals surface area (Å²) in [6.07, 6.45) is 4.29. The predicted molar refractivity (Wildman–Crippen MR) is 77.1 cm³/mol. The summed E-state index contributed by atoms with van der Waals surface area (Å²) in [4.78, 5) is 18.2. The van der Waals surface area contributed by atoms with Crippen LogP contribution in [0.2, 0.25) is 0 Å². The van der Waals surface area contributed by atoms with Crippen LogP contribution in [0.25, 0.3) is 0 Å². The van der Waals surface area contributed by atoms with E-state index in [4.69, 9.17) is 0 Å². The van der Waals surface area contributed by atoms with Gasteiger partial charge in [-0.05, 0) is 29.7 Å². The Morgan fingerprint density at radius 3 is 2.85 bits per heavy atom. The Balaban J connectivity index is 1.57. The fraction of sp³-hybridized carbons (Fsp3) is 0.250. The van der Waals surface area contributed by atoms with Crippen LogP contribution in [0.1, 0.15) is 21.5 Å². The van der Waals surface area contributed by atoms with Crippen molar-refractivity contribution < 1.29 is 4.79 Å². The third-order valence-corrected chi connectivity index (χ3v) is 3.60. The molecule has 20 heavy (non-hydrogen) atoms. The van der Waals surface area contributed by atoms with Crippen molar-refractivity contribution in [3.8, 4) is 0 Å². The number of benzene rings is 1. The molecule has 2 heterocycles. The Morgan fingerprint density at radius 2 is 2.05 bits per heavy atom. The van der Waals surface area contributed by atoms with Crippen molar-refractivity contribution in [3.05, 3.63) is 65.5 Å². The highest BCUT2D eigenvalue weighted by molar-refractivity contribution is 5.93. The fourth-order valence-corrected chi connectivity index (χ4v) is 2.47. The lowest BCUT2D eigenvalue weighted by Gasteiger charge is -2.28. The molecular weight excluding hydrogens is 250 g/mol. The first-order chi connectivity index (χ1) is 9.83. The molecule has 102 valence electrons. The van der Waals surface area contributed by atoms with E-state index in [0.29, 0.717) is 12.2 Å². The predicted octanol–water partition coefficient (Wildman–Crippen LogP) is 1.83. The van der Waals surface area contributed by atoms with Gasteiger partial charge in [0.05, 0.1) is 12.2 Å². The molecule has 4 nitrogen and oxygen atoms in total. The van der Waals surface area contributed by atoms with E-state index in [2.05, 4.69) is 39.5 Å². The molecule has 3 rings (SSSR count). The van der Waals surface area contributed by atoms with E-state index in [1.54, 1.807) is 24.5 Å². The van der Waals surface area contributed by atoms with Gasteiger partial charge < -0.3 is 5.32 Å². The van der Waals surface area contributed by atoms with E-state index in [1.807, 2.05) is 0 Å². The van der Waals surface area contributed by atoms with Gasteiger partial charge in [-0.2, -0.15) is 0 Å². The average Bonchev–Trinajstić information content (AvgIpc) is 2.53. The standard InChI is InChI=1S/C16H17N3O/c20-16(14-6-3-8-17-10-14)18-12-19-9-7-13-4-1-2-5-15(13)11-19/h1-6,8,10H,7,9,11-12H2,(H,18,20). The van der Waals surface area contributed by atoms with Gasteiger partial charge in [-0.15, -0.1) is 0 Å². The Hall–Kier alpha value is -2.20. The number of rotatable bonds is 3. The maximum absolute atomic E-state index is 12.0. The SMILES string of the molecule is O=C(NCN1CCc2ccccc2C1)c1cccnc1. The molecule has 1 aliphatic heterocycles. The van der Waals surface area contributed by atoms with Crippen LogP contribution in [-0.4, -0.2) is 29.0 Å². The molecule has 0 saturated carbocycles. The number of fused-ring (bicyclic) bond motifs is 1. The van der Waals surface area contributed by atoms with Crippen LogP contribution in [0, 0.1) is 0 Å². The second kappa shape index (κ2) is 5.84. The number of hydrogen-bond donors (Lipinski definition) is 1. The van der Waals surface area contributed by atoms with Crippen molar-refractivity contribution in [2.75, 3.05) is 13.2 Å². The van der Waals surface area contributed by atoms with Crippen molar-refractivity contribution in [1.29, 1.82) is 0 Å². The van der Waals surface area contributed by atoms with Crippen molar-refractivity contribution in [2.24, 2.45) is 0 Å². The summed E-state index contributed by atoms with van der Waals surface area (Å²) in [5, 5.41) is 2.95. The third-order valence-electron chi connectivity index (χ3n) is 3.60. The van der Waals surface area contributed by atoms with Gasteiger partial charge in [-0.3, -0.25) is 14.7 Å². The van der Waals surface area contributed by atoms with Gasteiger partial charge in [0.2, 0.25) is 0 Å². The lowest BCUT2D eigenvalue weighted by molar-refractivity contribution is 0.0917. The Morgan fingerprint density at radius 1 is 1.20 bits per heavy atom. The number of hydrogen-bond acceptors (Lipinski definition) is 3. The summed E-state index contributed by atoms with van der Waals surface area (Å²) in [5.41, 5.74) is 3.38. The largest absolute Gasteiger partial charge is 0.339 e. The van der Waals surface area contributed by atoms with Gasteiger partial charge in [0.25, 0.3) is 5.91 Å². The number of pyridine rings is 1. The number of nitrogens with one attached hydrogen (secondary N) is 1. The van der Waals surface area contributed by atoms with Crippen molar-refractivity contribution in [3.63, 3.8) is 0 Å². The zero-order chi connectivity index (χ0) is 13.8. The van der Waals surface area contributed by atoms with Crippen molar-refractivity contribution in [1.82, 2.24) is 15.2 Å². The molecule has 2 aromatic rings. The summed E-state index contributed by atoms with van der Waals surface area (Å²) >= 11 is 0. The van der Waals surface area contributed by atoms with Crippen molar-refractivity contribution >= 4 is 5.91 Å². The molecule has 0 atom stereocenters. The molecule has 1 amide bonds. The summed E-state index contributed by atoms with van der Waals surface area (Å²) in [5.74, 6) is -0.0723. The topological polar surface area (TPSA) is 45.2 Å². The minimum atomic E-state index is -0.0723. The maximum atomic E-state index is 12.0. The monoisotopic (exact) mass is 267 g/mol. The molecule has 0 saturated heterocycles. The van der Waals surface area contributed by atoms with Crippen LogP contribution < -0.4 is 5.32 Å². The Bertz CT molecular complexity index is 598. The zero-order valence-electron chi connectivity index (χ0n) is 11.2. The quantitative estimate of drug-likeness (QED) is 0.922. The molecule has 0 bridgehead atoms. The van der Waals surface area contributed by atoms with Crippen LogP contribution in [0.4, 0.5) is 0 Å². The van der Waals surface area contributed by atoms with E-state index in [1.165, 1.54) is 11.1 Å². The lowest BCUT2D eigenvalue weighted by Crippen LogP contribution is -2.40. The highest BCUT2D eigenvalue weighted by Crippen LogP contribution is 2.17. The molecule has 1 aromatic carbocycles. The van der Waals surface area contributed by atoms with Crippen molar-refractivity contribution in [2.45, 2.75) is 13.0 Å².